The second-order valence-corrected chi connectivity index (χ2v) is 9.31. The number of nitrogens with zero attached hydrogens (tertiary/aromatic N) is 4. The van der Waals surface area contributed by atoms with Crippen LogP contribution in [0.5, 0.6) is 5.75 Å². The van der Waals surface area contributed by atoms with Crippen LogP contribution in [0.1, 0.15) is 11.6 Å². The summed E-state index contributed by atoms with van der Waals surface area (Å²) >= 11 is 2.78. The lowest BCUT2D eigenvalue weighted by atomic mass is 10.0. The minimum atomic E-state index is -1.19. The molecule has 2 aliphatic rings. The van der Waals surface area contributed by atoms with E-state index in [1.807, 2.05) is 0 Å². The molecule has 5 N–H and O–H groups in total. The molecule has 1 unspecified atom stereocenters. The zero-order valence-corrected chi connectivity index (χ0v) is 18.5. The van der Waals surface area contributed by atoms with Crippen molar-refractivity contribution in [3.63, 3.8) is 0 Å². The molecule has 0 aliphatic carbocycles. The van der Waals surface area contributed by atoms with Gasteiger partial charge in [0.2, 0.25) is 5.91 Å². The molecule has 1 fully saturated rings. The topological polar surface area (TPSA) is 164 Å². The fraction of sp³-hybridized carbons (Fsp3) is 0.316. The standard InChI is InChI=1S/C19H20N6O5S2/c1-24-12(6-21-23-24)31-7-10-8-32-18-14(17(28)25(18)15(10)19(29)30)22-16(27)13(20)9-2-4-11(26)5-3-9/h2-6,13-14,18,26H,7-8,20H2,1H3,(H,22,27)(H,29,30)/t13-,14?,18-/m1/s1. The van der Waals surface area contributed by atoms with Crippen LogP contribution >= 0.6 is 23.5 Å². The number of hydrogen-bond donors (Lipinski definition) is 4. The van der Waals surface area contributed by atoms with Gasteiger partial charge < -0.3 is 21.3 Å². The molecule has 32 heavy (non-hydrogen) atoms. The van der Waals surface area contributed by atoms with Gasteiger partial charge in [-0.15, -0.1) is 28.6 Å². The number of aliphatic carboxylic acids is 1. The Balaban J connectivity index is 1.45. The molecule has 168 valence electrons. The third-order valence-corrected chi connectivity index (χ3v) is 7.65. The molecular formula is C19H20N6O5S2. The summed E-state index contributed by atoms with van der Waals surface area (Å²) < 4.78 is 1.59. The van der Waals surface area contributed by atoms with Gasteiger partial charge in [0.1, 0.15) is 33.9 Å². The highest BCUT2D eigenvalue weighted by Gasteiger charge is 2.54. The number of fused-ring (bicyclic) bond motifs is 1. The van der Waals surface area contributed by atoms with Crippen LogP contribution in [0, 0.1) is 0 Å². The van der Waals surface area contributed by atoms with Gasteiger partial charge in [0, 0.05) is 18.6 Å². The fourth-order valence-corrected chi connectivity index (χ4v) is 5.82. The highest BCUT2D eigenvalue weighted by atomic mass is 32.2. The number of nitrogens with one attached hydrogen (secondary N) is 1. The fourth-order valence-electron chi connectivity index (χ4n) is 3.44. The molecule has 2 aromatic rings. The number of carbonyl (C=O) groups is 3. The zero-order valence-electron chi connectivity index (χ0n) is 16.8. The maximum Gasteiger partial charge on any atom is 0.352 e. The predicted molar refractivity (Wildman–Crippen MR) is 116 cm³/mol. The van der Waals surface area contributed by atoms with E-state index in [0.29, 0.717) is 22.6 Å². The molecule has 13 heteroatoms. The largest absolute Gasteiger partial charge is 0.508 e. The molecule has 0 saturated carbocycles. The molecule has 3 heterocycles. The molecule has 0 radical (unpaired) electrons. The highest BCUT2D eigenvalue weighted by Crippen LogP contribution is 2.41. The molecule has 1 aromatic heterocycles. The number of phenols is 1. The van der Waals surface area contributed by atoms with Gasteiger partial charge >= 0.3 is 5.97 Å². The van der Waals surface area contributed by atoms with Gasteiger partial charge in [0.25, 0.3) is 5.91 Å². The number of rotatable bonds is 7. The lowest BCUT2D eigenvalue weighted by Gasteiger charge is -2.49. The number of carboxylic acids is 1. The van der Waals surface area contributed by atoms with Crippen LogP contribution in [0.4, 0.5) is 0 Å². The Bertz CT molecular complexity index is 1100. The van der Waals surface area contributed by atoms with Crippen LogP contribution in [0.3, 0.4) is 0 Å². The van der Waals surface area contributed by atoms with Crippen molar-refractivity contribution in [3.05, 3.63) is 47.3 Å². The molecular weight excluding hydrogens is 456 g/mol. The molecule has 0 spiro atoms. The lowest BCUT2D eigenvalue weighted by Crippen LogP contribution is -2.71. The number of thioether (sulfide) groups is 2. The monoisotopic (exact) mass is 476 g/mol. The van der Waals surface area contributed by atoms with Crippen molar-refractivity contribution in [1.82, 2.24) is 25.2 Å². The highest BCUT2D eigenvalue weighted by molar-refractivity contribution is 8.01. The van der Waals surface area contributed by atoms with Gasteiger partial charge in [-0.05, 0) is 23.3 Å². The Morgan fingerprint density at radius 3 is 2.72 bits per heavy atom. The Morgan fingerprint density at radius 2 is 2.09 bits per heavy atom. The van der Waals surface area contributed by atoms with Gasteiger partial charge in [0.05, 0.1) is 6.20 Å². The number of aromatic nitrogens is 3. The lowest BCUT2D eigenvalue weighted by molar-refractivity contribution is -0.150. The van der Waals surface area contributed by atoms with Crippen LogP contribution < -0.4 is 11.1 Å². The quantitative estimate of drug-likeness (QED) is 0.317. The number of nitrogens with two attached hydrogens (primary N) is 1. The molecule has 1 aromatic carbocycles. The van der Waals surface area contributed by atoms with Crippen LogP contribution in [0.2, 0.25) is 0 Å². The molecule has 4 rings (SSSR count). The van der Waals surface area contributed by atoms with E-state index >= 15 is 0 Å². The minimum absolute atomic E-state index is 0.0466. The number of aryl methyl sites for hydroxylation is 1. The van der Waals surface area contributed by atoms with Crippen molar-refractivity contribution in [1.29, 1.82) is 0 Å². The maximum absolute atomic E-state index is 12.8. The predicted octanol–water partition coefficient (Wildman–Crippen LogP) is 0.0514. The molecule has 2 amide bonds. The second-order valence-electron chi connectivity index (χ2n) is 7.21. The average Bonchev–Trinajstić information content (AvgIpc) is 3.19. The third-order valence-electron chi connectivity index (χ3n) is 5.15. The minimum Gasteiger partial charge on any atom is -0.508 e. The number of β-lactam (4-membered cyclic amide) rings is 1. The molecule has 1 saturated heterocycles. The van der Waals surface area contributed by atoms with Crippen LogP contribution in [-0.4, -0.2) is 70.8 Å². The molecule has 0 bridgehead atoms. The summed E-state index contributed by atoms with van der Waals surface area (Å²) in [5, 5.41) is 29.7. The first kappa shape index (κ1) is 22.2. The second kappa shape index (κ2) is 8.84. The SMILES string of the molecule is Cn1nncc1SCC1=C(C(=O)O)N2C(=O)C(NC(=O)[C@H](N)c3ccc(O)cc3)[C@H]2SC1. The summed E-state index contributed by atoms with van der Waals surface area (Å²) in [6, 6.07) is 4.00. The summed E-state index contributed by atoms with van der Waals surface area (Å²) in [6.45, 7) is 0. The van der Waals surface area contributed by atoms with Crippen LogP contribution in [0.25, 0.3) is 0 Å². The van der Waals surface area contributed by atoms with Crippen molar-refractivity contribution in [2.24, 2.45) is 12.8 Å². The van der Waals surface area contributed by atoms with Gasteiger partial charge in [-0.25, -0.2) is 9.48 Å². The van der Waals surface area contributed by atoms with E-state index in [-0.39, 0.29) is 11.4 Å². The van der Waals surface area contributed by atoms with Crippen molar-refractivity contribution in [3.8, 4) is 5.75 Å². The van der Waals surface area contributed by atoms with Gasteiger partial charge in [-0.2, -0.15) is 0 Å². The maximum atomic E-state index is 12.8. The van der Waals surface area contributed by atoms with Gasteiger partial charge in [0.15, 0.2) is 0 Å². The Morgan fingerprint density at radius 1 is 1.38 bits per heavy atom. The van der Waals surface area contributed by atoms with Crippen LogP contribution in [-0.2, 0) is 21.4 Å². The first-order chi connectivity index (χ1) is 15.3. The number of amides is 2. The smallest absolute Gasteiger partial charge is 0.352 e. The van der Waals surface area contributed by atoms with Crippen molar-refractivity contribution in [2.75, 3.05) is 11.5 Å². The Kier molecular flexibility index (Phi) is 6.13. The van der Waals surface area contributed by atoms with Gasteiger partial charge in [-0.1, -0.05) is 17.3 Å². The molecule has 2 aliphatic heterocycles. The van der Waals surface area contributed by atoms with Crippen molar-refractivity contribution in [2.45, 2.75) is 22.5 Å². The van der Waals surface area contributed by atoms with E-state index < -0.39 is 35.2 Å². The summed E-state index contributed by atoms with van der Waals surface area (Å²) in [5.41, 5.74) is 7.03. The number of carboxylic acid groups (broad SMARTS) is 1. The zero-order chi connectivity index (χ0) is 23.0. The van der Waals surface area contributed by atoms with E-state index in [1.54, 1.807) is 17.9 Å². The number of carbonyl (C=O) groups excluding carboxylic acids is 2. The summed E-state index contributed by atoms with van der Waals surface area (Å²) in [6.07, 6.45) is 1.59. The van der Waals surface area contributed by atoms with E-state index in [4.69, 9.17) is 5.73 Å². The van der Waals surface area contributed by atoms with E-state index in [2.05, 4.69) is 15.6 Å². The van der Waals surface area contributed by atoms with Gasteiger partial charge in [-0.3, -0.25) is 14.5 Å². The average molecular weight is 477 g/mol. The summed E-state index contributed by atoms with van der Waals surface area (Å²) in [5.74, 6) is -1.41. The number of benzene rings is 1. The number of aromatic hydroxyl groups is 1. The van der Waals surface area contributed by atoms with E-state index in [9.17, 15) is 24.6 Å². The van der Waals surface area contributed by atoms with E-state index in [1.165, 1.54) is 52.7 Å². The van der Waals surface area contributed by atoms with Crippen molar-refractivity contribution >= 4 is 41.3 Å². The normalized spacial score (nSPS) is 21.1. The first-order valence-electron chi connectivity index (χ1n) is 9.50. The Hall–Kier alpha value is -3.03. The first-order valence-corrected chi connectivity index (χ1v) is 11.5. The molecule has 3 atom stereocenters. The third kappa shape index (κ3) is 4.06. The summed E-state index contributed by atoms with van der Waals surface area (Å²) in [4.78, 5) is 38.5. The van der Waals surface area contributed by atoms with Crippen molar-refractivity contribution < 1.29 is 24.6 Å². The Labute approximate surface area is 191 Å². The summed E-state index contributed by atoms with van der Waals surface area (Å²) in [7, 11) is 1.74. The van der Waals surface area contributed by atoms with Crippen LogP contribution in [0.15, 0.2) is 46.8 Å². The number of phenolic OH excluding ortho intramolecular Hbond substituents is 1. The van der Waals surface area contributed by atoms with E-state index in [0.717, 1.165) is 5.03 Å². The molecule has 11 nitrogen and oxygen atoms in total. The number of hydrogen-bond acceptors (Lipinski definition) is 9.